The molecule has 0 aliphatic carbocycles. The summed E-state index contributed by atoms with van der Waals surface area (Å²) in [5.74, 6) is 1.47. The molecular weight excluding hydrogens is 338 g/mol. The molecule has 1 aromatic rings. The average Bonchev–Trinajstić information content (AvgIpc) is 2.86. The van der Waals surface area contributed by atoms with Gasteiger partial charge in [-0.2, -0.15) is 4.31 Å². The minimum Gasteiger partial charge on any atom is -0.490 e. The minimum atomic E-state index is -3.35. The Bertz CT molecular complexity index is 715. The predicted molar refractivity (Wildman–Crippen MR) is 101 cm³/mol. The van der Waals surface area contributed by atoms with Crippen molar-refractivity contribution < 1.29 is 17.9 Å². The lowest BCUT2D eigenvalue weighted by molar-refractivity contribution is 0.132. The number of rotatable bonds is 10. The number of ether oxygens (including phenoxy) is 2. The molecule has 0 radical (unpaired) electrons. The van der Waals surface area contributed by atoms with Crippen LogP contribution in [0.15, 0.2) is 43.5 Å². The Kier molecular flexibility index (Phi) is 6.30. The molecule has 0 aromatic heterocycles. The number of hydrogen-bond acceptors (Lipinski definition) is 4. The van der Waals surface area contributed by atoms with Crippen LogP contribution in [0.3, 0.4) is 0 Å². The highest BCUT2D eigenvalue weighted by atomic mass is 32.2. The molecule has 1 aliphatic heterocycles. The lowest BCUT2D eigenvalue weighted by Gasteiger charge is -2.19. The van der Waals surface area contributed by atoms with Crippen LogP contribution >= 0.6 is 0 Å². The molecule has 138 valence electrons. The van der Waals surface area contributed by atoms with Gasteiger partial charge in [-0.1, -0.05) is 24.3 Å². The zero-order valence-electron chi connectivity index (χ0n) is 15.0. The zero-order chi connectivity index (χ0) is 18.5. The van der Waals surface area contributed by atoms with E-state index in [4.69, 9.17) is 9.47 Å². The lowest BCUT2D eigenvalue weighted by atomic mass is 10.0. The maximum atomic E-state index is 12.3. The highest BCUT2D eigenvalue weighted by molar-refractivity contribution is 7.89. The van der Waals surface area contributed by atoms with E-state index in [-0.39, 0.29) is 24.4 Å². The van der Waals surface area contributed by atoms with Crippen LogP contribution in [-0.2, 0) is 16.4 Å². The Morgan fingerprint density at radius 1 is 1.28 bits per heavy atom. The maximum absolute atomic E-state index is 12.3. The lowest BCUT2D eigenvalue weighted by Crippen LogP contribution is -2.33. The molecule has 0 saturated carbocycles. The summed E-state index contributed by atoms with van der Waals surface area (Å²) in [7, 11) is -3.35. The van der Waals surface area contributed by atoms with Gasteiger partial charge in [0.1, 0.15) is 5.60 Å². The van der Waals surface area contributed by atoms with Crippen molar-refractivity contribution in [3.05, 3.63) is 49.1 Å². The first-order valence-electron chi connectivity index (χ1n) is 8.42. The molecule has 2 rings (SSSR count). The number of fused-ring (bicyclic) bond motifs is 1. The van der Waals surface area contributed by atoms with Gasteiger partial charge in [0.05, 0.1) is 12.4 Å². The number of benzene rings is 1. The molecular formula is C19H27NO4S. The van der Waals surface area contributed by atoms with Crippen molar-refractivity contribution in [2.24, 2.45) is 0 Å². The Morgan fingerprint density at radius 2 is 1.96 bits per heavy atom. The van der Waals surface area contributed by atoms with E-state index in [2.05, 4.69) is 13.2 Å². The summed E-state index contributed by atoms with van der Waals surface area (Å²) in [5.41, 5.74) is 0.888. The van der Waals surface area contributed by atoms with Crippen LogP contribution in [0.1, 0.15) is 25.8 Å². The first-order valence-corrected chi connectivity index (χ1v) is 10.0. The van der Waals surface area contributed by atoms with Crippen molar-refractivity contribution in [3.8, 4) is 11.5 Å². The van der Waals surface area contributed by atoms with Gasteiger partial charge in [0.25, 0.3) is 0 Å². The third-order valence-corrected chi connectivity index (χ3v) is 5.81. The minimum absolute atomic E-state index is 0.0239. The smallest absolute Gasteiger partial charge is 0.214 e. The summed E-state index contributed by atoms with van der Waals surface area (Å²) in [6.07, 6.45) is 4.39. The Labute approximate surface area is 151 Å². The van der Waals surface area contributed by atoms with Crippen LogP contribution in [0.5, 0.6) is 11.5 Å². The monoisotopic (exact) mass is 365 g/mol. The molecule has 0 atom stereocenters. The summed E-state index contributed by atoms with van der Waals surface area (Å²) < 4.78 is 37.8. The SMILES string of the molecule is C=CCN(CC=C)S(=O)(=O)CCCOc1cccc2c1OC(C)(C)C2. The standard InChI is InChI=1S/C19H27NO4S/c1-5-11-20(12-6-2)25(21,22)14-8-13-23-17-10-7-9-16-15-19(3,4)24-18(16)17/h5-7,9-10H,1-2,8,11-15H2,3-4H3. The van der Waals surface area contributed by atoms with Crippen LogP contribution in [0.2, 0.25) is 0 Å². The van der Waals surface area contributed by atoms with E-state index in [1.165, 1.54) is 4.31 Å². The predicted octanol–water partition coefficient (Wildman–Crippen LogP) is 3.17. The van der Waals surface area contributed by atoms with Crippen molar-refractivity contribution >= 4 is 10.0 Å². The van der Waals surface area contributed by atoms with E-state index in [1.807, 2.05) is 32.0 Å². The Hall–Kier alpha value is -1.79. The largest absolute Gasteiger partial charge is 0.490 e. The molecule has 0 spiro atoms. The van der Waals surface area contributed by atoms with Crippen LogP contribution in [0.25, 0.3) is 0 Å². The highest BCUT2D eigenvalue weighted by Crippen LogP contribution is 2.41. The van der Waals surface area contributed by atoms with Crippen molar-refractivity contribution in [3.63, 3.8) is 0 Å². The zero-order valence-corrected chi connectivity index (χ0v) is 15.8. The normalized spacial score (nSPS) is 15.5. The number of para-hydroxylation sites is 1. The van der Waals surface area contributed by atoms with Gasteiger partial charge in [0, 0.05) is 25.1 Å². The summed E-state index contributed by atoms with van der Waals surface area (Å²) in [6, 6.07) is 5.83. The van der Waals surface area contributed by atoms with E-state index in [9.17, 15) is 8.42 Å². The second-order valence-corrected chi connectivity index (χ2v) is 8.78. The van der Waals surface area contributed by atoms with Crippen LogP contribution in [-0.4, -0.2) is 43.8 Å². The molecule has 0 bridgehead atoms. The van der Waals surface area contributed by atoms with E-state index >= 15 is 0 Å². The van der Waals surface area contributed by atoms with Crippen LogP contribution in [0, 0.1) is 0 Å². The fourth-order valence-electron chi connectivity index (χ4n) is 2.84. The van der Waals surface area contributed by atoms with Gasteiger partial charge in [0.15, 0.2) is 11.5 Å². The summed E-state index contributed by atoms with van der Waals surface area (Å²) in [4.78, 5) is 0. The fraction of sp³-hybridized carbons (Fsp3) is 0.474. The van der Waals surface area contributed by atoms with Crippen molar-refractivity contribution in [2.75, 3.05) is 25.4 Å². The Balaban J connectivity index is 1.91. The van der Waals surface area contributed by atoms with E-state index in [0.29, 0.717) is 18.8 Å². The van der Waals surface area contributed by atoms with Gasteiger partial charge in [0.2, 0.25) is 10.0 Å². The van der Waals surface area contributed by atoms with Crippen molar-refractivity contribution in [1.29, 1.82) is 0 Å². The second kappa shape index (κ2) is 8.06. The number of nitrogens with zero attached hydrogens (tertiary/aromatic N) is 1. The van der Waals surface area contributed by atoms with Gasteiger partial charge in [-0.15, -0.1) is 13.2 Å². The molecule has 6 heteroatoms. The van der Waals surface area contributed by atoms with E-state index < -0.39 is 10.0 Å². The molecule has 0 fully saturated rings. The van der Waals surface area contributed by atoms with Gasteiger partial charge in [-0.05, 0) is 26.3 Å². The number of hydrogen-bond donors (Lipinski definition) is 0. The van der Waals surface area contributed by atoms with Crippen molar-refractivity contribution in [2.45, 2.75) is 32.3 Å². The molecule has 0 unspecified atom stereocenters. The number of sulfonamides is 1. The average molecular weight is 365 g/mol. The summed E-state index contributed by atoms with van der Waals surface area (Å²) in [6.45, 7) is 12.2. The quantitative estimate of drug-likeness (QED) is 0.472. The Morgan fingerprint density at radius 3 is 2.60 bits per heavy atom. The molecule has 1 aliphatic rings. The molecule has 25 heavy (non-hydrogen) atoms. The van der Waals surface area contributed by atoms with E-state index in [0.717, 1.165) is 17.7 Å². The molecule has 0 amide bonds. The third kappa shape index (κ3) is 5.09. The molecule has 0 saturated heterocycles. The van der Waals surface area contributed by atoms with Crippen LogP contribution < -0.4 is 9.47 Å². The summed E-state index contributed by atoms with van der Waals surface area (Å²) >= 11 is 0. The van der Waals surface area contributed by atoms with E-state index in [1.54, 1.807) is 12.2 Å². The molecule has 1 aromatic carbocycles. The highest BCUT2D eigenvalue weighted by Gasteiger charge is 2.32. The van der Waals surface area contributed by atoms with Gasteiger partial charge >= 0.3 is 0 Å². The fourth-order valence-corrected chi connectivity index (χ4v) is 4.25. The van der Waals surface area contributed by atoms with Gasteiger partial charge in [-0.3, -0.25) is 0 Å². The first kappa shape index (κ1) is 19.5. The topological polar surface area (TPSA) is 55.8 Å². The second-order valence-electron chi connectivity index (χ2n) is 6.70. The van der Waals surface area contributed by atoms with Crippen LogP contribution in [0.4, 0.5) is 0 Å². The molecule has 5 nitrogen and oxygen atoms in total. The third-order valence-electron chi connectivity index (χ3n) is 3.92. The summed E-state index contributed by atoms with van der Waals surface area (Å²) in [5, 5.41) is 0. The van der Waals surface area contributed by atoms with Gasteiger partial charge in [-0.25, -0.2) is 8.42 Å². The van der Waals surface area contributed by atoms with Gasteiger partial charge < -0.3 is 9.47 Å². The molecule has 1 heterocycles. The molecule has 0 N–H and O–H groups in total. The van der Waals surface area contributed by atoms with Crippen molar-refractivity contribution in [1.82, 2.24) is 4.31 Å². The maximum Gasteiger partial charge on any atom is 0.214 e. The first-order chi connectivity index (χ1) is 11.8.